The molecule has 3 heterocycles. The molecular formula is C18H15B2Cl2F2N3O2. The van der Waals surface area contributed by atoms with Crippen LogP contribution >= 0.6 is 23.2 Å². The third-order valence-corrected chi connectivity index (χ3v) is 4.88. The minimum absolute atomic E-state index is 0.0544. The summed E-state index contributed by atoms with van der Waals surface area (Å²) in [5.74, 6) is -1.61. The fourth-order valence-electron chi connectivity index (χ4n) is 2.97. The van der Waals surface area contributed by atoms with Crippen LogP contribution in [0.5, 0.6) is 5.75 Å². The van der Waals surface area contributed by atoms with E-state index >= 15 is 0 Å². The summed E-state index contributed by atoms with van der Waals surface area (Å²) < 4.78 is 34.6. The van der Waals surface area contributed by atoms with Crippen LogP contribution in [-0.2, 0) is 5.40 Å². The Morgan fingerprint density at radius 3 is 2.45 bits per heavy atom. The molecule has 0 aromatic carbocycles. The molecule has 0 aliphatic carbocycles. The summed E-state index contributed by atoms with van der Waals surface area (Å²) in [4.78, 5) is 20.7. The van der Waals surface area contributed by atoms with Gasteiger partial charge in [-0.1, -0.05) is 23.2 Å². The summed E-state index contributed by atoms with van der Waals surface area (Å²) in [7, 11) is 3.08. The van der Waals surface area contributed by atoms with Crippen LogP contribution in [0.25, 0.3) is 5.69 Å². The van der Waals surface area contributed by atoms with Crippen LogP contribution in [0, 0.1) is 25.5 Å². The Hall–Kier alpha value is -2.38. The lowest BCUT2D eigenvalue weighted by molar-refractivity contribution is 0.232. The number of hydrogen-bond donors (Lipinski definition) is 0. The molecule has 3 rings (SSSR count). The van der Waals surface area contributed by atoms with Crippen molar-refractivity contribution in [3.8, 4) is 11.4 Å². The largest absolute Gasteiger partial charge is 0.498 e. The Balaban J connectivity index is 2.09. The van der Waals surface area contributed by atoms with E-state index in [0.717, 1.165) is 11.8 Å². The summed E-state index contributed by atoms with van der Waals surface area (Å²) in [6.45, 7) is 3.48. The number of aryl methyl sites for hydroxylation is 2. The first-order valence-corrected chi connectivity index (χ1v) is 9.32. The van der Waals surface area contributed by atoms with Crippen molar-refractivity contribution in [3.63, 3.8) is 0 Å². The number of nitrogens with zero attached hydrogens (tertiary/aromatic N) is 3. The Kier molecular flexibility index (Phi) is 5.74. The van der Waals surface area contributed by atoms with Crippen molar-refractivity contribution in [2.45, 2.75) is 19.2 Å². The maximum absolute atomic E-state index is 14.2. The molecule has 0 N–H and O–H groups in total. The van der Waals surface area contributed by atoms with Crippen molar-refractivity contribution < 1.29 is 13.5 Å². The van der Waals surface area contributed by atoms with E-state index in [1.807, 2.05) is 0 Å². The molecule has 0 radical (unpaired) electrons. The highest BCUT2D eigenvalue weighted by molar-refractivity contribution is 6.39. The first-order chi connectivity index (χ1) is 13.5. The van der Waals surface area contributed by atoms with E-state index in [1.54, 1.807) is 47.9 Å². The van der Waals surface area contributed by atoms with Crippen LogP contribution in [0.4, 0.5) is 8.78 Å². The smallest absolute Gasteiger partial charge is 0.277 e. The second-order valence-corrected chi connectivity index (χ2v) is 7.76. The van der Waals surface area contributed by atoms with Crippen molar-refractivity contribution >= 4 is 38.9 Å². The van der Waals surface area contributed by atoms with Crippen molar-refractivity contribution in [2.75, 3.05) is 0 Å². The minimum atomic E-state index is -1.32. The van der Waals surface area contributed by atoms with Gasteiger partial charge in [-0.3, -0.25) is 14.3 Å². The van der Waals surface area contributed by atoms with E-state index in [0.29, 0.717) is 17.4 Å². The zero-order valence-electron chi connectivity index (χ0n) is 16.1. The number of rotatable bonds is 4. The lowest BCUT2D eigenvalue weighted by Gasteiger charge is -2.28. The average molecular weight is 436 g/mol. The van der Waals surface area contributed by atoms with E-state index in [-0.39, 0.29) is 21.6 Å². The third-order valence-electron chi connectivity index (χ3n) is 4.33. The first kappa shape index (κ1) is 21.3. The monoisotopic (exact) mass is 435 g/mol. The molecule has 0 bridgehead atoms. The van der Waals surface area contributed by atoms with E-state index in [1.165, 1.54) is 4.57 Å². The summed E-state index contributed by atoms with van der Waals surface area (Å²) >= 11 is 12.3. The lowest BCUT2D eigenvalue weighted by Crippen LogP contribution is -2.37. The molecule has 0 saturated carbocycles. The SMILES string of the molecule is BC(B)(Oc1cc(C)n(-c2cc(Cl)ncc2C)c(=O)c1Cl)c1ncc(F)cc1F. The maximum atomic E-state index is 14.2. The Morgan fingerprint density at radius 1 is 1.10 bits per heavy atom. The molecule has 0 fully saturated rings. The number of halogens is 4. The molecule has 0 atom stereocenters. The van der Waals surface area contributed by atoms with Gasteiger partial charge in [-0.2, -0.15) is 0 Å². The van der Waals surface area contributed by atoms with Gasteiger partial charge in [0.1, 0.15) is 33.3 Å². The highest BCUT2D eigenvalue weighted by atomic mass is 35.5. The molecule has 0 spiro atoms. The number of aromatic nitrogens is 3. The fourth-order valence-corrected chi connectivity index (χ4v) is 3.30. The molecular weight excluding hydrogens is 421 g/mol. The first-order valence-electron chi connectivity index (χ1n) is 8.56. The standard InChI is InChI=1S/C18H15B2Cl2F2N3O2/c1-8-6-25-14(21)5-12(8)27-9(2)3-13(15(22)17(27)28)29-18(19,20)16-11(24)4-10(23)7-26-16/h3-7H,19-20H2,1-2H3. The van der Waals surface area contributed by atoms with Crippen LogP contribution in [0.15, 0.2) is 35.4 Å². The van der Waals surface area contributed by atoms with Gasteiger partial charge in [-0.25, -0.2) is 13.8 Å². The van der Waals surface area contributed by atoms with Gasteiger partial charge in [-0.15, -0.1) is 0 Å². The quantitative estimate of drug-likeness (QED) is 0.466. The van der Waals surface area contributed by atoms with Crippen LogP contribution < -0.4 is 10.3 Å². The van der Waals surface area contributed by atoms with Crippen molar-refractivity contribution in [1.29, 1.82) is 0 Å². The normalized spacial score (nSPS) is 11.5. The average Bonchev–Trinajstić information content (AvgIpc) is 2.62. The van der Waals surface area contributed by atoms with Gasteiger partial charge in [-0.05, 0) is 25.5 Å². The van der Waals surface area contributed by atoms with Gasteiger partial charge in [0.2, 0.25) is 0 Å². The summed E-state index contributed by atoms with van der Waals surface area (Å²) in [5, 5.41) is -1.28. The van der Waals surface area contributed by atoms with Crippen LogP contribution in [0.1, 0.15) is 17.0 Å². The number of pyridine rings is 3. The van der Waals surface area contributed by atoms with Gasteiger partial charge in [0, 0.05) is 24.0 Å². The predicted molar refractivity (Wildman–Crippen MR) is 113 cm³/mol. The van der Waals surface area contributed by atoms with Crippen LogP contribution in [0.3, 0.4) is 0 Å². The van der Waals surface area contributed by atoms with Gasteiger partial charge in [0.15, 0.2) is 15.7 Å². The van der Waals surface area contributed by atoms with Crippen LogP contribution in [-0.4, -0.2) is 30.2 Å². The molecule has 0 aliphatic rings. The van der Waals surface area contributed by atoms with Gasteiger partial charge < -0.3 is 4.74 Å². The molecule has 0 amide bonds. The third kappa shape index (κ3) is 4.16. The molecule has 148 valence electrons. The van der Waals surface area contributed by atoms with E-state index in [4.69, 9.17) is 27.9 Å². The molecule has 0 aliphatic heterocycles. The second-order valence-electron chi connectivity index (χ2n) is 6.99. The van der Waals surface area contributed by atoms with Crippen molar-refractivity contribution in [1.82, 2.24) is 14.5 Å². The van der Waals surface area contributed by atoms with Crippen molar-refractivity contribution in [3.05, 3.63) is 79.7 Å². The Labute approximate surface area is 177 Å². The van der Waals surface area contributed by atoms with Crippen LogP contribution in [0.2, 0.25) is 10.2 Å². The zero-order chi connectivity index (χ0) is 21.5. The van der Waals surface area contributed by atoms with Gasteiger partial charge >= 0.3 is 0 Å². The maximum Gasteiger partial charge on any atom is 0.277 e. The van der Waals surface area contributed by atoms with E-state index in [9.17, 15) is 13.6 Å². The summed E-state index contributed by atoms with van der Waals surface area (Å²) in [6.07, 6.45) is 2.44. The summed E-state index contributed by atoms with van der Waals surface area (Å²) in [5.41, 5.74) is 1.13. The van der Waals surface area contributed by atoms with Gasteiger partial charge in [0.05, 0.1) is 17.3 Å². The molecule has 3 aromatic heterocycles. The lowest BCUT2D eigenvalue weighted by atomic mass is 9.62. The molecule has 3 aromatic rings. The minimum Gasteiger partial charge on any atom is -0.498 e. The number of hydrogen-bond acceptors (Lipinski definition) is 4. The molecule has 5 nitrogen and oxygen atoms in total. The van der Waals surface area contributed by atoms with Crippen molar-refractivity contribution in [2.24, 2.45) is 0 Å². The van der Waals surface area contributed by atoms with Gasteiger partial charge in [0.25, 0.3) is 5.56 Å². The molecule has 0 unspecified atom stereocenters. The summed E-state index contributed by atoms with van der Waals surface area (Å²) in [6, 6.07) is 3.83. The highest BCUT2D eigenvalue weighted by Gasteiger charge is 2.30. The predicted octanol–water partition coefficient (Wildman–Crippen LogP) is 2.28. The van der Waals surface area contributed by atoms with E-state index < -0.39 is 22.6 Å². The number of ether oxygens (including phenoxy) is 1. The molecule has 29 heavy (non-hydrogen) atoms. The highest BCUT2D eigenvalue weighted by Crippen LogP contribution is 2.30. The fraction of sp³-hybridized carbons (Fsp3) is 0.167. The van der Waals surface area contributed by atoms with E-state index in [2.05, 4.69) is 9.97 Å². The Bertz CT molecular complexity index is 1170. The molecule has 0 saturated heterocycles. The molecule has 11 heteroatoms. The zero-order valence-corrected chi connectivity index (χ0v) is 17.6. The Morgan fingerprint density at radius 2 is 1.79 bits per heavy atom. The second kappa shape index (κ2) is 7.80. The topological polar surface area (TPSA) is 57.0 Å².